The van der Waals surface area contributed by atoms with Crippen molar-refractivity contribution in [2.75, 3.05) is 39.6 Å². The number of hydrogen-bond acceptors (Lipinski definition) is 6. The topological polar surface area (TPSA) is 62.0 Å². The maximum absolute atomic E-state index is 6.76. The lowest BCUT2D eigenvalue weighted by molar-refractivity contribution is 0.288. The standard InChI is InChI=1S/C48H54Cl8O6/c1-47(2,31-23-39(53)45(40(54)24-31)59-17-11-7-13-33-27-61-33)29-19-35(49)43(36(50)20-29)57-15-9-5-6-10-16-58-44-37(51)21-30(22-38(44)52)48(3,4)32-25-41(55)46(42(56)26-32)60-18-12-8-14-34-28-62-34/h19-26,33-34H,5-18,27-28H2,1-4H3. The Balaban J connectivity index is 0.934. The van der Waals surface area contributed by atoms with Crippen LogP contribution in [0.3, 0.4) is 0 Å². The van der Waals surface area contributed by atoms with Crippen LogP contribution in [0.15, 0.2) is 48.5 Å². The van der Waals surface area contributed by atoms with Gasteiger partial charge in [0.25, 0.3) is 0 Å². The Kier molecular flexibility index (Phi) is 18.2. The quantitative estimate of drug-likeness (QED) is 0.0487. The minimum Gasteiger partial charge on any atom is -0.490 e. The first-order valence-corrected chi connectivity index (χ1v) is 24.3. The van der Waals surface area contributed by atoms with Crippen molar-refractivity contribution in [3.8, 4) is 23.0 Å². The monoisotopic (exact) mass is 1010 g/mol. The van der Waals surface area contributed by atoms with Crippen molar-refractivity contribution >= 4 is 92.8 Å². The van der Waals surface area contributed by atoms with Gasteiger partial charge in [-0.3, -0.25) is 0 Å². The summed E-state index contributed by atoms with van der Waals surface area (Å²) < 4.78 is 34.6. The summed E-state index contributed by atoms with van der Waals surface area (Å²) in [6.07, 6.45) is 10.3. The van der Waals surface area contributed by atoms with Gasteiger partial charge in [-0.05, 0) is 135 Å². The van der Waals surface area contributed by atoms with Crippen LogP contribution in [-0.4, -0.2) is 51.8 Å². The average Bonchev–Trinajstić information content (AvgIpc) is 4.16. The molecule has 0 spiro atoms. The lowest BCUT2D eigenvalue weighted by Gasteiger charge is -2.28. The molecule has 0 N–H and O–H groups in total. The van der Waals surface area contributed by atoms with Crippen LogP contribution in [0, 0.1) is 0 Å². The van der Waals surface area contributed by atoms with Crippen LogP contribution in [0.1, 0.15) is 114 Å². The molecule has 338 valence electrons. The van der Waals surface area contributed by atoms with Gasteiger partial charge in [0.2, 0.25) is 0 Å². The molecule has 0 bridgehead atoms. The second-order valence-electron chi connectivity index (χ2n) is 17.0. The van der Waals surface area contributed by atoms with E-state index in [9.17, 15) is 0 Å². The number of hydrogen-bond donors (Lipinski definition) is 0. The summed E-state index contributed by atoms with van der Waals surface area (Å²) >= 11 is 53.7. The summed E-state index contributed by atoms with van der Waals surface area (Å²) in [6, 6.07) is 15.1. The number of benzene rings is 4. The van der Waals surface area contributed by atoms with E-state index >= 15 is 0 Å². The van der Waals surface area contributed by atoms with Crippen molar-refractivity contribution < 1.29 is 28.4 Å². The molecule has 2 aliphatic rings. The smallest absolute Gasteiger partial charge is 0.156 e. The largest absolute Gasteiger partial charge is 0.490 e. The molecule has 0 radical (unpaired) electrons. The van der Waals surface area contributed by atoms with Crippen molar-refractivity contribution in [3.63, 3.8) is 0 Å². The van der Waals surface area contributed by atoms with E-state index in [-0.39, 0.29) is 0 Å². The van der Waals surface area contributed by atoms with E-state index in [1.807, 2.05) is 48.5 Å². The number of rotatable bonds is 25. The molecular formula is C48H54Cl8O6. The normalized spacial score (nSPS) is 16.1. The lowest BCUT2D eigenvalue weighted by Crippen LogP contribution is -2.19. The van der Waals surface area contributed by atoms with Crippen molar-refractivity contribution in [2.24, 2.45) is 0 Å². The van der Waals surface area contributed by atoms with Crippen LogP contribution < -0.4 is 18.9 Å². The fraction of sp³-hybridized carbons (Fsp3) is 0.500. The highest BCUT2D eigenvalue weighted by Crippen LogP contribution is 2.46. The Hall–Kier alpha value is -1.68. The number of halogens is 8. The van der Waals surface area contributed by atoms with Crippen molar-refractivity contribution in [2.45, 2.75) is 115 Å². The minimum absolute atomic E-state index is 0.417. The molecule has 6 nitrogen and oxygen atoms in total. The van der Waals surface area contributed by atoms with Gasteiger partial charge in [-0.2, -0.15) is 0 Å². The number of epoxide rings is 2. The summed E-state index contributed by atoms with van der Waals surface area (Å²) in [6.45, 7) is 12.0. The van der Waals surface area contributed by atoms with E-state index in [4.69, 9.17) is 121 Å². The molecule has 2 heterocycles. The van der Waals surface area contributed by atoms with Gasteiger partial charge in [0, 0.05) is 10.8 Å². The molecule has 0 aromatic heterocycles. The maximum atomic E-state index is 6.76. The Labute approximate surface area is 406 Å². The van der Waals surface area contributed by atoms with E-state index in [1.165, 1.54) is 0 Å². The fourth-order valence-corrected chi connectivity index (χ4v) is 9.62. The molecule has 4 aromatic rings. The number of ether oxygens (including phenoxy) is 6. The van der Waals surface area contributed by atoms with Crippen molar-refractivity contribution in [1.82, 2.24) is 0 Å². The Morgan fingerprint density at radius 2 is 0.597 bits per heavy atom. The molecule has 0 aliphatic carbocycles. The van der Waals surface area contributed by atoms with Gasteiger partial charge in [-0.1, -0.05) is 121 Å². The van der Waals surface area contributed by atoms with Gasteiger partial charge in [-0.25, -0.2) is 0 Å². The van der Waals surface area contributed by atoms with Crippen LogP contribution in [0.25, 0.3) is 0 Å². The van der Waals surface area contributed by atoms with Crippen LogP contribution in [-0.2, 0) is 20.3 Å². The number of unbranched alkanes of at least 4 members (excludes halogenated alkanes) is 5. The molecule has 6 rings (SSSR count). The third-order valence-corrected chi connectivity index (χ3v) is 13.8. The molecule has 0 saturated carbocycles. The molecule has 2 atom stereocenters. The van der Waals surface area contributed by atoms with Gasteiger partial charge in [-0.15, -0.1) is 0 Å². The molecule has 2 aliphatic heterocycles. The molecule has 14 heteroatoms. The second-order valence-corrected chi connectivity index (χ2v) is 20.3. The minimum atomic E-state index is -0.519. The zero-order chi connectivity index (χ0) is 44.6. The predicted molar refractivity (Wildman–Crippen MR) is 258 cm³/mol. The highest BCUT2D eigenvalue weighted by Gasteiger charge is 2.30. The molecule has 2 fully saturated rings. The van der Waals surface area contributed by atoms with Crippen LogP contribution in [0.2, 0.25) is 40.2 Å². The SMILES string of the molecule is CC(C)(c1cc(Cl)c(OCCCCCCOc2c(Cl)cc(C(C)(C)c3cc(Cl)c(OCCCCC4CO4)c(Cl)c3)cc2Cl)c(Cl)c1)c1cc(Cl)c(OCCCCC2CO2)c(Cl)c1. The fourth-order valence-electron chi connectivity index (χ4n) is 7.24. The third-order valence-electron chi connectivity index (χ3n) is 11.5. The van der Waals surface area contributed by atoms with Crippen LogP contribution in [0.4, 0.5) is 0 Å². The maximum Gasteiger partial charge on any atom is 0.156 e. The van der Waals surface area contributed by atoms with E-state index in [2.05, 4.69) is 27.7 Å². The average molecular weight is 1010 g/mol. The summed E-state index contributed by atoms with van der Waals surface area (Å²) in [5.74, 6) is 1.90. The summed E-state index contributed by atoms with van der Waals surface area (Å²) in [5.41, 5.74) is 2.57. The predicted octanol–water partition coefficient (Wildman–Crippen LogP) is 16.5. The third kappa shape index (κ3) is 13.5. The first-order chi connectivity index (χ1) is 29.6. The van der Waals surface area contributed by atoms with E-state index in [1.54, 1.807) is 0 Å². The van der Waals surface area contributed by atoms with Gasteiger partial charge in [0.05, 0.1) is 92.0 Å². The lowest BCUT2D eigenvalue weighted by atomic mass is 9.78. The molecule has 62 heavy (non-hydrogen) atoms. The van der Waals surface area contributed by atoms with Crippen LogP contribution in [0.5, 0.6) is 23.0 Å². The Bertz CT molecular complexity index is 1910. The van der Waals surface area contributed by atoms with Gasteiger partial charge >= 0.3 is 0 Å². The van der Waals surface area contributed by atoms with E-state index in [0.29, 0.717) is 102 Å². The van der Waals surface area contributed by atoms with Gasteiger partial charge < -0.3 is 28.4 Å². The zero-order valence-corrected chi connectivity index (χ0v) is 41.6. The highest BCUT2D eigenvalue weighted by atomic mass is 35.5. The Morgan fingerprint density at radius 1 is 0.387 bits per heavy atom. The molecule has 4 aromatic carbocycles. The molecule has 0 amide bonds. The first-order valence-electron chi connectivity index (χ1n) is 21.3. The highest BCUT2D eigenvalue weighted by molar-refractivity contribution is 6.39. The first kappa shape index (κ1) is 49.7. The molecular weight excluding hydrogens is 956 g/mol. The summed E-state index contributed by atoms with van der Waals surface area (Å²) in [4.78, 5) is 0. The second kappa shape index (κ2) is 22.7. The van der Waals surface area contributed by atoms with Crippen LogP contribution >= 0.6 is 92.8 Å². The molecule has 2 unspecified atom stereocenters. The van der Waals surface area contributed by atoms with Gasteiger partial charge in [0.15, 0.2) is 23.0 Å². The molecule has 2 saturated heterocycles. The zero-order valence-electron chi connectivity index (χ0n) is 35.6. The van der Waals surface area contributed by atoms with Gasteiger partial charge in [0.1, 0.15) is 0 Å². The van der Waals surface area contributed by atoms with Crippen molar-refractivity contribution in [3.05, 3.63) is 111 Å². The van der Waals surface area contributed by atoms with E-state index in [0.717, 1.165) is 99.7 Å². The summed E-state index contributed by atoms with van der Waals surface area (Å²) in [5, 5.41) is 3.56. The Morgan fingerprint density at radius 3 is 0.806 bits per heavy atom. The van der Waals surface area contributed by atoms with E-state index < -0.39 is 10.8 Å². The van der Waals surface area contributed by atoms with Crippen molar-refractivity contribution in [1.29, 1.82) is 0 Å². The summed E-state index contributed by atoms with van der Waals surface area (Å²) in [7, 11) is 0.